The number of amides is 1. The van der Waals surface area contributed by atoms with Gasteiger partial charge in [0.2, 0.25) is 0 Å². The van der Waals surface area contributed by atoms with Gasteiger partial charge in [-0.1, -0.05) is 19.0 Å². The molecule has 0 fully saturated rings. The minimum atomic E-state index is -0.167. The van der Waals surface area contributed by atoms with Gasteiger partial charge in [0, 0.05) is 6.04 Å². The second-order valence-electron chi connectivity index (χ2n) is 5.11. The Hall–Kier alpha value is -2.04. The van der Waals surface area contributed by atoms with Gasteiger partial charge in [0.1, 0.15) is 5.75 Å². The van der Waals surface area contributed by atoms with Crippen molar-refractivity contribution in [3.8, 4) is 5.75 Å². The smallest absolute Gasteiger partial charge is 0.260 e. The van der Waals surface area contributed by atoms with E-state index in [1.165, 1.54) is 0 Å². The maximum Gasteiger partial charge on any atom is 0.260 e. The van der Waals surface area contributed by atoms with Crippen molar-refractivity contribution in [2.24, 2.45) is 11.1 Å². The molecule has 1 atom stereocenters. The van der Waals surface area contributed by atoms with Crippen molar-refractivity contribution in [2.75, 3.05) is 13.2 Å². The van der Waals surface area contributed by atoms with Crippen molar-refractivity contribution < 1.29 is 14.4 Å². The normalized spacial score (nSPS) is 12.4. The highest BCUT2D eigenvalue weighted by Crippen LogP contribution is 2.10. The van der Waals surface area contributed by atoms with Gasteiger partial charge < -0.3 is 14.9 Å². The third-order valence-corrected chi connectivity index (χ3v) is 3.05. The average molecular weight is 292 g/mol. The molecule has 0 heterocycles. The Morgan fingerprint density at radius 3 is 2.52 bits per heavy atom. The highest BCUT2D eigenvalue weighted by Gasteiger charge is 2.10. The van der Waals surface area contributed by atoms with Gasteiger partial charge >= 0.3 is 0 Å². The molecule has 21 heavy (non-hydrogen) atoms. The molecule has 0 aromatic heterocycles. The number of rotatable bonds is 8. The lowest BCUT2D eigenvalue weighted by atomic mass is 10.1. The summed E-state index contributed by atoms with van der Waals surface area (Å²) in [7, 11) is 0. The number of oxime groups is 1. The van der Waals surface area contributed by atoms with Gasteiger partial charge in [-0.05, 0) is 49.6 Å². The van der Waals surface area contributed by atoms with Crippen LogP contribution in [0.4, 0.5) is 0 Å². The molecule has 116 valence electrons. The molecule has 0 spiro atoms. The van der Waals surface area contributed by atoms with Crippen LogP contribution < -0.4 is 10.1 Å². The van der Waals surface area contributed by atoms with Gasteiger partial charge in [-0.15, -0.1) is 0 Å². The number of carbonyl (C=O) groups is 1. The molecule has 0 unspecified atom stereocenters. The van der Waals surface area contributed by atoms with E-state index in [1.54, 1.807) is 6.21 Å². The number of hydrogen-bond donors (Lipinski definition) is 1. The second kappa shape index (κ2) is 9.00. The summed E-state index contributed by atoms with van der Waals surface area (Å²) in [6.07, 6.45) is 1.56. The van der Waals surface area contributed by atoms with Crippen LogP contribution in [0.5, 0.6) is 5.75 Å². The van der Waals surface area contributed by atoms with Crippen LogP contribution >= 0.6 is 0 Å². The van der Waals surface area contributed by atoms with Gasteiger partial charge in [0.15, 0.2) is 6.61 Å². The molecule has 0 saturated carbocycles. The predicted octanol–water partition coefficient (Wildman–Crippen LogP) is 2.60. The summed E-state index contributed by atoms with van der Waals surface area (Å²) in [6.45, 7) is 8.57. The Morgan fingerprint density at radius 2 is 1.95 bits per heavy atom. The molecule has 0 bridgehead atoms. The van der Waals surface area contributed by atoms with E-state index < -0.39 is 0 Å². The molecule has 1 aromatic carbocycles. The molecule has 0 aliphatic heterocycles. The molecule has 0 aliphatic rings. The van der Waals surface area contributed by atoms with Crippen LogP contribution in [0.1, 0.15) is 33.3 Å². The summed E-state index contributed by atoms with van der Waals surface area (Å²) >= 11 is 0. The fourth-order valence-corrected chi connectivity index (χ4v) is 1.47. The van der Waals surface area contributed by atoms with Crippen molar-refractivity contribution in [1.82, 2.24) is 5.32 Å². The number of nitrogens with zero attached hydrogens (tertiary/aromatic N) is 1. The highest BCUT2D eigenvalue weighted by atomic mass is 16.6. The monoisotopic (exact) mass is 292 g/mol. The Labute approximate surface area is 126 Å². The zero-order valence-electron chi connectivity index (χ0n) is 13.1. The lowest BCUT2D eigenvalue weighted by Crippen LogP contribution is -2.38. The average Bonchev–Trinajstić information content (AvgIpc) is 2.45. The summed E-state index contributed by atoms with van der Waals surface area (Å²) in [5.74, 6) is 1.04. The lowest BCUT2D eigenvalue weighted by Gasteiger charge is -2.16. The molecule has 1 aromatic rings. The first-order valence-corrected chi connectivity index (χ1v) is 7.20. The van der Waals surface area contributed by atoms with Crippen molar-refractivity contribution in [3.05, 3.63) is 29.8 Å². The van der Waals surface area contributed by atoms with Crippen molar-refractivity contribution in [3.63, 3.8) is 0 Å². The summed E-state index contributed by atoms with van der Waals surface area (Å²) in [6, 6.07) is 7.59. The van der Waals surface area contributed by atoms with Gasteiger partial charge in [-0.2, -0.15) is 0 Å². The van der Waals surface area contributed by atoms with Crippen molar-refractivity contribution in [1.29, 1.82) is 0 Å². The van der Waals surface area contributed by atoms with Crippen LogP contribution in [-0.2, 0) is 9.63 Å². The molecule has 1 rings (SSSR count). The lowest BCUT2D eigenvalue weighted by molar-refractivity contribution is -0.126. The van der Waals surface area contributed by atoms with Crippen LogP contribution in [0, 0.1) is 5.92 Å². The minimum Gasteiger partial charge on any atom is -0.494 e. The quantitative estimate of drug-likeness (QED) is 0.592. The third-order valence-electron chi connectivity index (χ3n) is 3.05. The Kier molecular flexibility index (Phi) is 7.29. The number of hydrogen-bond acceptors (Lipinski definition) is 4. The van der Waals surface area contributed by atoms with E-state index >= 15 is 0 Å². The van der Waals surface area contributed by atoms with E-state index in [0.29, 0.717) is 12.5 Å². The van der Waals surface area contributed by atoms with Gasteiger partial charge in [0.25, 0.3) is 5.91 Å². The van der Waals surface area contributed by atoms with Crippen molar-refractivity contribution >= 4 is 12.1 Å². The van der Waals surface area contributed by atoms with E-state index in [4.69, 9.17) is 9.57 Å². The van der Waals surface area contributed by atoms with Crippen LogP contribution in [0.25, 0.3) is 0 Å². The van der Waals surface area contributed by atoms with Crippen LogP contribution in [0.3, 0.4) is 0 Å². The zero-order chi connectivity index (χ0) is 15.7. The number of nitrogens with one attached hydrogen (secondary N) is 1. The summed E-state index contributed by atoms with van der Waals surface area (Å²) in [5, 5.41) is 6.63. The first-order chi connectivity index (χ1) is 10.0. The standard InChI is InChI=1S/C16H24N2O3/c1-5-20-15-8-6-14(7-9-15)10-17-21-11-16(19)18-13(4)12(2)3/h6-10,12-13H,5,11H2,1-4H3,(H,18,19)/b17-10-/t13-/m1/s1. The van der Waals surface area contributed by atoms with Crippen LogP contribution in [0.2, 0.25) is 0 Å². The highest BCUT2D eigenvalue weighted by molar-refractivity contribution is 5.80. The maximum atomic E-state index is 11.6. The first-order valence-electron chi connectivity index (χ1n) is 7.20. The third kappa shape index (κ3) is 6.79. The summed E-state index contributed by atoms with van der Waals surface area (Å²) in [4.78, 5) is 16.5. The SMILES string of the molecule is CCOc1ccc(/C=N\OCC(=O)N[C@H](C)C(C)C)cc1. The molecular formula is C16H24N2O3. The molecule has 1 amide bonds. The zero-order valence-corrected chi connectivity index (χ0v) is 13.1. The molecular weight excluding hydrogens is 268 g/mol. The van der Waals surface area contributed by atoms with E-state index in [2.05, 4.69) is 24.3 Å². The maximum absolute atomic E-state index is 11.6. The summed E-state index contributed by atoms with van der Waals surface area (Å²) < 4.78 is 5.35. The second-order valence-corrected chi connectivity index (χ2v) is 5.11. The van der Waals surface area contributed by atoms with Crippen LogP contribution in [-0.4, -0.2) is 31.4 Å². The predicted molar refractivity (Wildman–Crippen MR) is 83.6 cm³/mol. The number of carbonyl (C=O) groups excluding carboxylic acids is 1. The van der Waals surface area contributed by atoms with E-state index in [0.717, 1.165) is 11.3 Å². The molecule has 5 nitrogen and oxygen atoms in total. The topological polar surface area (TPSA) is 59.9 Å². The van der Waals surface area contributed by atoms with Crippen LogP contribution in [0.15, 0.2) is 29.4 Å². The molecule has 0 saturated heterocycles. The largest absolute Gasteiger partial charge is 0.494 e. The molecule has 0 radical (unpaired) electrons. The first kappa shape index (κ1) is 17.0. The van der Waals surface area contributed by atoms with Gasteiger partial charge in [0.05, 0.1) is 12.8 Å². The fraction of sp³-hybridized carbons (Fsp3) is 0.500. The van der Waals surface area contributed by atoms with Crippen molar-refractivity contribution in [2.45, 2.75) is 33.7 Å². The number of benzene rings is 1. The fourth-order valence-electron chi connectivity index (χ4n) is 1.47. The van der Waals surface area contributed by atoms with E-state index in [9.17, 15) is 4.79 Å². The molecule has 5 heteroatoms. The van der Waals surface area contributed by atoms with E-state index in [-0.39, 0.29) is 18.6 Å². The van der Waals surface area contributed by atoms with E-state index in [1.807, 2.05) is 38.1 Å². The minimum absolute atomic E-state index is 0.0788. The summed E-state index contributed by atoms with van der Waals surface area (Å²) in [5.41, 5.74) is 0.884. The molecule has 1 N–H and O–H groups in total. The Morgan fingerprint density at radius 1 is 1.29 bits per heavy atom. The molecule has 0 aliphatic carbocycles. The Balaban J connectivity index is 2.32. The van der Waals surface area contributed by atoms with Gasteiger partial charge in [-0.25, -0.2) is 0 Å². The Bertz CT molecular complexity index is 455. The number of ether oxygens (including phenoxy) is 1. The van der Waals surface area contributed by atoms with Gasteiger partial charge in [-0.3, -0.25) is 4.79 Å².